The standard InChI is InChI=1S/C20H24ClNO3/c1-19(15-2-4-16(21)5-3-15)6-8-22(9-7-19)18(24)14-10-20(11-14)12-17(23)25-13-20/h2-5,14H,6-13H2,1H3. The van der Waals surface area contributed by atoms with Crippen molar-refractivity contribution < 1.29 is 14.3 Å². The van der Waals surface area contributed by atoms with Crippen LogP contribution in [0, 0.1) is 11.3 Å². The summed E-state index contributed by atoms with van der Waals surface area (Å²) in [7, 11) is 0. The summed E-state index contributed by atoms with van der Waals surface area (Å²) in [6.45, 7) is 4.38. The summed E-state index contributed by atoms with van der Waals surface area (Å²) in [6.07, 6.45) is 4.05. The first-order chi connectivity index (χ1) is 11.9. The molecule has 1 aromatic carbocycles. The van der Waals surface area contributed by atoms with Gasteiger partial charge in [0, 0.05) is 29.4 Å². The van der Waals surface area contributed by atoms with E-state index in [1.165, 1.54) is 5.56 Å². The fraction of sp³-hybridized carbons (Fsp3) is 0.600. The van der Waals surface area contributed by atoms with E-state index in [9.17, 15) is 9.59 Å². The number of carbonyl (C=O) groups is 2. The second-order valence-electron chi connectivity index (χ2n) is 8.34. The number of hydrogen-bond acceptors (Lipinski definition) is 3. The van der Waals surface area contributed by atoms with Crippen LogP contribution in [0.25, 0.3) is 0 Å². The molecule has 1 spiro atoms. The van der Waals surface area contributed by atoms with Gasteiger partial charge in [-0.25, -0.2) is 0 Å². The normalized spacial score (nSPS) is 30.9. The highest BCUT2D eigenvalue weighted by atomic mass is 35.5. The summed E-state index contributed by atoms with van der Waals surface area (Å²) in [5.41, 5.74) is 1.37. The molecule has 25 heavy (non-hydrogen) atoms. The van der Waals surface area contributed by atoms with Crippen LogP contribution >= 0.6 is 11.6 Å². The van der Waals surface area contributed by atoms with Gasteiger partial charge < -0.3 is 9.64 Å². The van der Waals surface area contributed by atoms with E-state index in [0.29, 0.717) is 13.0 Å². The molecule has 3 aliphatic rings. The number of esters is 1. The summed E-state index contributed by atoms with van der Waals surface area (Å²) in [5, 5.41) is 0.758. The highest BCUT2D eigenvalue weighted by Gasteiger charge is 2.53. The Balaban J connectivity index is 1.34. The van der Waals surface area contributed by atoms with Gasteiger partial charge in [0.05, 0.1) is 13.0 Å². The zero-order valence-electron chi connectivity index (χ0n) is 14.6. The Morgan fingerprint density at radius 2 is 1.84 bits per heavy atom. The van der Waals surface area contributed by atoms with Gasteiger partial charge in [-0.05, 0) is 48.8 Å². The summed E-state index contributed by atoms with van der Waals surface area (Å²) < 4.78 is 5.10. The molecule has 4 nitrogen and oxygen atoms in total. The van der Waals surface area contributed by atoms with Crippen molar-refractivity contribution in [3.63, 3.8) is 0 Å². The molecule has 1 aromatic rings. The van der Waals surface area contributed by atoms with E-state index in [1.807, 2.05) is 17.0 Å². The lowest BCUT2D eigenvalue weighted by Gasteiger charge is -2.46. The van der Waals surface area contributed by atoms with Crippen LogP contribution in [0.5, 0.6) is 0 Å². The lowest BCUT2D eigenvalue weighted by Crippen LogP contribution is -2.51. The van der Waals surface area contributed by atoms with E-state index in [0.717, 1.165) is 43.8 Å². The monoisotopic (exact) mass is 361 g/mol. The summed E-state index contributed by atoms with van der Waals surface area (Å²) >= 11 is 6.00. The van der Waals surface area contributed by atoms with Crippen molar-refractivity contribution in [2.75, 3.05) is 19.7 Å². The predicted molar refractivity (Wildman–Crippen MR) is 95.4 cm³/mol. The number of nitrogens with zero attached hydrogens (tertiary/aromatic N) is 1. The maximum Gasteiger partial charge on any atom is 0.306 e. The van der Waals surface area contributed by atoms with Gasteiger partial charge in [0.2, 0.25) is 5.91 Å². The number of piperidine rings is 1. The minimum atomic E-state index is -0.109. The maximum absolute atomic E-state index is 12.8. The van der Waals surface area contributed by atoms with Gasteiger partial charge in [-0.2, -0.15) is 0 Å². The number of ether oxygens (including phenoxy) is 1. The molecule has 0 atom stereocenters. The molecule has 134 valence electrons. The number of rotatable bonds is 2. The Labute approximate surface area is 153 Å². The molecular formula is C20H24ClNO3. The first-order valence-electron chi connectivity index (χ1n) is 9.10. The highest BCUT2D eigenvalue weighted by Crippen LogP contribution is 2.52. The second kappa shape index (κ2) is 6.01. The van der Waals surface area contributed by atoms with Crippen LogP contribution in [-0.2, 0) is 19.7 Å². The molecule has 2 heterocycles. The molecule has 5 heteroatoms. The van der Waals surface area contributed by atoms with Gasteiger partial charge in [-0.15, -0.1) is 0 Å². The Morgan fingerprint density at radius 3 is 2.40 bits per heavy atom. The molecule has 0 bridgehead atoms. The van der Waals surface area contributed by atoms with E-state index in [1.54, 1.807) is 0 Å². The number of carbonyl (C=O) groups excluding carboxylic acids is 2. The molecule has 4 rings (SSSR count). The lowest BCUT2D eigenvalue weighted by molar-refractivity contribution is -0.145. The van der Waals surface area contributed by atoms with Gasteiger partial charge in [-0.3, -0.25) is 9.59 Å². The fourth-order valence-electron chi connectivity index (χ4n) is 4.68. The quantitative estimate of drug-likeness (QED) is 0.756. The third-order valence-electron chi connectivity index (χ3n) is 6.49. The Kier molecular flexibility index (Phi) is 4.06. The van der Waals surface area contributed by atoms with Crippen LogP contribution in [-0.4, -0.2) is 36.5 Å². The number of hydrogen-bond donors (Lipinski definition) is 0. The van der Waals surface area contributed by atoms with Crippen molar-refractivity contribution in [3.8, 4) is 0 Å². The molecular weight excluding hydrogens is 338 g/mol. The van der Waals surface area contributed by atoms with Crippen molar-refractivity contribution in [1.29, 1.82) is 0 Å². The molecule has 3 fully saturated rings. The van der Waals surface area contributed by atoms with Crippen LogP contribution in [0.1, 0.15) is 44.6 Å². The lowest BCUT2D eigenvalue weighted by atomic mass is 9.61. The largest absolute Gasteiger partial charge is 0.465 e. The van der Waals surface area contributed by atoms with Crippen LogP contribution in [0.15, 0.2) is 24.3 Å². The summed E-state index contributed by atoms with van der Waals surface area (Å²) in [5.74, 6) is 0.236. The van der Waals surface area contributed by atoms with Gasteiger partial charge in [0.15, 0.2) is 0 Å². The molecule has 1 saturated carbocycles. The SMILES string of the molecule is CC1(c2ccc(Cl)cc2)CCN(C(=O)C2CC3(COC(=O)C3)C2)CC1. The van der Waals surface area contributed by atoms with E-state index in [4.69, 9.17) is 16.3 Å². The zero-order valence-corrected chi connectivity index (χ0v) is 15.3. The van der Waals surface area contributed by atoms with Crippen LogP contribution in [0.2, 0.25) is 5.02 Å². The van der Waals surface area contributed by atoms with Gasteiger partial charge in [-0.1, -0.05) is 30.7 Å². The molecule has 0 unspecified atom stereocenters. The third kappa shape index (κ3) is 3.05. The minimum absolute atomic E-state index is 0.0367. The minimum Gasteiger partial charge on any atom is -0.465 e. The predicted octanol–water partition coefficient (Wildman–Crippen LogP) is 3.56. The van der Waals surface area contributed by atoms with Crippen molar-refractivity contribution >= 4 is 23.5 Å². The molecule has 2 saturated heterocycles. The molecule has 0 radical (unpaired) electrons. The molecule has 1 amide bonds. The second-order valence-corrected chi connectivity index (χ2v) is 8.77. The number of amides is 1. The fourth-order valence-corrected chi connectivity index (χ4v) is 4.81. The number of likely N-dealkylation sites (tertiary alicyclic amines) is 1. The van der Waals surface area contributed by atoms with Crippen LogP contribution < -0.4 is 0 Å². The van der Waals surface area contributed by atoms with Crippen molar-refractivity contribution in [2.45, 2.75) is 44.4 Å². The van der Waals surface area contributed by atoms with Crippen molar-refractivity contribution in [1.82, 2.24) is 4.90 Å². The van der Waals surface area contributed by atoms with E-state index in [-0.39, 0.29) is 28.6 Å². The van der Waals surface area contributed by atoms with Crippen LogP contribution in [0.3, 0.4) is 0 Å². The Hall–Kier alpha value is -1.55. The highest BCUT2D eigenvalue weighted by molar-refractivity contribution is 6.30. The van der Waals surface area contributed by atoms with Crippen molar-refractivity contribution in [2.24, 2.45) is 11.3 Å². The van der Waals surface area contributed by atoms with Crippen molar-refractivity contribution in [3.05, 3.63) is 34.9 Å². The average molecular weight is 362 g/mol. The number of cyclic esters (lactones) is 1. The molecule has 2 aliphatic heterocycles. The average Bonchev–Trinajstić information content (AvgIpc) is 2.96. The number of benzene rings is 1. The summed E-state index contributed by atoms with van der Waals surface area (Å²) in [4.78, 5) is 26.1. The summed E-state index contributed by atoms with van der Waals surface area (Å²) in [6, 6.07) is 8.09. The zero-order chi connectivity index (χ0) is 17.7. The molecule has 1 aliphatic carbocycles. The van der Waals surface area contributed by atoms with E-state index >= 15 is 0 Å². The first-order valence-corrected chi connectivity index (χ1v) is 9.48. The topological polar surface area (TPSA) is 46.6 Å². The first kappa shape index (κ1) is 16.9. The number of halogens is 1. The molecule has 0 N–H and O–H groups in total. The maximum atomic E-state index is 12.8. The third-order valence-corrected chi connectivity index (χ3v) is 6.74. The Morgan fingerprint density at radius 1 is 1.20 bits per heavy atom. The molecule has 0 aromatic heterocycles. The van der Waals surface area contributed by atoms with E-state index in [2.05, 4.69) is 19.1 Å². The van der Waals surface area contributed by atoms with E-state index < -0.39 is 0 Å². The Bertz CT molecular complexity index is 685. The smallest absolute Gasteiger partial charge is 0.306 e. The van der Waals surface area contributed by atoms with Gasteiger partial charge in [0.25, 0.3) is 0 Å². The van der Waals surface area contributed by atoms with Crippen LogP contribution in [0.4, 0.5) is 0 Å². The van der Waals surface area contributed by atoms with Gasteiger partial charge in [0.1, 0.15) is 0 Å². The van der Waals surface area contributed by atoms with Gasteiger partial charge >= 0.3 is 5.97 Å².